The van der Waals surface area contributed by atoms with E-state index in [4.69, 9.17) is 0 Å². The molecule has 0 aromatic heterocycles. The van der Waals surface area contributed by atoms with Crippen molar-refractivity contribution in [1.29, 1.82) is 0 Å². The van der Waals surface area contributed by atoms with Crippen LogP contribution in [0.15, 0.2) is 261 Å². The van der Waals surface area contributed by atoms with Gasteiger partial charge in [-0.05, 0) is 146 Å². The zero-order valence-corrected chi connectivity index (χ0v) is 36.8. The lowest BCUT2D eigenvalue weighted by Gasteiger charge is -2.29. The number of hydrogen-bond donors (Lipinski definition) is 0. The number of para-hydroxylation sites is 1. The highest BCUT2D eigenvalue weighted by atomic mass is 15.1. The van der Waals surface area contributed by atoms with Crippen molar-refractivity contribution in [2.24, 2.45) is 0 Å². The van der Waals surface area contributed by atoms with Gasteiger partial charge < -0.3 is 4.90 Å². The van der Waals surface area contributed by atoms with Crippen LogP contribution in [0.5, 0.6) is 0 Å². The summed E-state index contributed by atoms with van der Waals surface area (Å²) in [5, 5.41) is 15.0. The Kier molecular flexibility index (Phi) is 9.25. The van der Waals surface area contributed by atoms with Crippen LogP contribution in [-0.2, 0) is 0 Å². The molecule has 0 amide bonds. The second-order valence-electron chi connectivity index (χ2n) is 17.6. The molecule has 67 heavy (non-hydrogen) atoms. The minimum absolute atomic E-state index is 1.09. The highest BCUT2D eigenvalue weighted by Gasteiger charge is 2.22. The van der Waals surface area contributed by atoms with Crippen LogP contribution in [0.1, 0.15) is 0 Å². The molecule has 0 unspecified atom stereocenters. The molecular formula is C66H43N. The lowest BCUT2D eigenvalue weighted by atomic mass is 9.84. The van der Waals surface area contributed by atoms with E-state index in [-0.39, 0.29) is 0 Å². The van der Waals surface area contributed by atoms with Crippen LogP contribution < -0.4 is 4.90 Å². The Bertz CT molecular complexity index is 4020. The Hall–Kier alpha value is -8.78. The van der Waals surface area contributed by atoms with Gasteiger partial charge in [0.1, 0.15) is 0 Å². The van der Waals surface area contributed by atoms with Crippen LogP contribution in [-0.4, -0.2) is 0 Å². The van der Waals surface area contributed by atoms with Crippen molar-refractivity contribution in [3.05, 3.63) is 261 Å². The molecule has 1 heteroatoms. The zero-order valence-electron chi connectivity index (χ0n) is 36.8. The molecule has 0 fully saturated rings. The molecule has 0 saturated carbocycles. The SMILES string of the molecule is c1ccc(-c2c(-c3ccccc3)c3cc(-c4ccccc4N(c4ccc(-c5cc6ccccc6c6ccccc56)cc4)c4ccc5c(ccc6ccccc65)c4)ccc3c3ccccc23)cc1. The van der Waals surface area contributed by atoms with E-state index < -0.39 is 0 Å². The third-order valence-electron chi connectivity index (χ3n) is 13.8. The van der Waals surface area contributed by atoms with Crippen molar-refractivity contribution in [2.45, 2.75) is 0 Å². The van der Waals surface area contributed by atoms with Crippen molar-refractivity contribution in [3.8, 4) is 44.5 Å². The molecule has 0 bridgehead atoms. The van der Waals surface area contributed by atoms with Crippen molar-refractivity contribution in [2.75, 3.05) is 4.90 Å². The summed E-state index contributed by atoms with van der Waals surface area (Å²) >= 11 is 0. The van der Waals surface area contributed by atoms with Crippen LogP contribution in [0.25, 0.3) is 109 Å². The Morgan fingerprint density at radius 3 is 1.40 bits per heavy atom. The molecule has 0 heterocycles. The van der Waals surface area contributed by atoms with Crippen LogP contribution in [0.3, 0.4) is 0 Å². The van der Waals surface area contributed by atoms with Gasteiger partial charge in [-0.25, -0.2) is 0 Å². The van der Waals surface area contributed by atoms with Gasteiger partial charge in [-0.1, -0.05) is 218 Å². The maximum atomic E-state index is 2.45. The number of nitrogens with zero attached hydrogens (tertiary/aromatic N) is 1. The van der Waals surface area contributed by atoms with Gasteiger partial charge in [-0.3, -0.25) is 0 Å². The van der Waals surface area contributed by atoms with Gasteiger partial charge >= 0.3 is 0 Å². The number of anilines is 3. The molecule has 13 rings (SSSR count). The van der Waals surface area contributed by atoms with Crippen molar-refractivity contribution < 1.29 is 0 Å². The second-order valence-corrected chi connectivity index (χ2v) is 17.6. The molecule has 0 saturated heterocycles. The van der Waals surface area contributed by atoms with Crippen LogP contribution >= 0.6 is 0 Å². The topological polar surface area (TPSA) is 3.24 Å². The highest BCUT2D eigenvalue weighted by molar-refractivity contribution is 6.22. The van der Waals surface area contributed by atoms with E-state index in [1.165, 1.54) is 98.0 Å². The molecule has 0 atom stereocenters. The molecular weight excluding hydrogens is 807 g/mol. The Morgan fingerprint density at radius 2 is 0.672 bits per heavy atom. The van der Waals surface area contributed by atoms with E-state index in [2.05, 4.69) is 266 Å². The van der Waals surface area contributed by atoms with Crippen molar-refractivity contribution in [1.82, 2.24) is 0 Å². The summed E-state index contributed by atoms with van der Waals surface area (Å²) in [6.45, 7) is 0. The van der Waals surface area contributed by atoms with Crippen LogP contribution in [0, 0.1) is 0 Å². The maximum absolute atomic E-state index is 2.45. The second kappa shape index (κ2) is 16.0. The van der Waals surface area contributed by atoms with E-state index in [9.17, 15) is 0 Å². The average molecular weight is 850 g/mol. The van der Waals surface area contributed by atoms with E-state index >= 15 is 0 Å². The predicted octanol–water partition coefficient (Wildman–Crippen LogP) is 18.7. The van der Waals surface area contributed by atoms with E-state index in [0.717, 1.165) is 28.2 Å². The van der Waals surface area contributed by atoms with E-state index in [1.54, 1.807) is 0 Å². The van der Waals surface area contributed by atoms with Crippen LogP contribution in [0.4, 0.5) is 17.1 Å². The summed E-state index contributed by atoms with van der Waals surface area (Å²) in [6.07, 6.45) is 0. The normalized spacial score (nSPS) is 11.6. The van der Waals surface area contributed by atoms with Gasteiger partial charge in [0.2, 0.25) is 0 Å². The van der Waals surface area contributed by atoms with Gasteiger partial charge in [-0.2, -0.15) is 0 Å². The first-order valence-electron chi connectivity index (χ1n) is 23.2. The predicted molar refractivity (Wildman–Crippen MR) is 288 cm³/mol. The van der Waals surface area contributed by atoms with Gasteiger partial charge in [0.15, 0.2) is 0 Å². The number of benzene rings is 13. The molecule has 0 aliphatic rings. The largest absolute Gasteiger partial charge is 0.310 e. The molecule has 312 valence electrons. The lowest BCUT2D eigenvalue weighted by Crippen LogP contribution is -2.11. The summed E-state index contributed by atoms with van der Waals surface area (Å²) in [5.41, 5.74) is 12.9. The van der Waals surface area contributed by atoms with Gasteiger partial charge in [-0.15, -0.1) is 0 Å². The van der Waals surface area contributed by atoms with Gasteiger partial charge in [0.25, 0.3) is 0 Å². The molecule has 13 aromatic rings. The fourth-order valence-corrected chi connectivity index (χ4v) is 10.7. The third-order valence-corrected chi connectivity index (χ3v) is 13.8. The van der Waals surface area contributed by atoms with Crippen molar-refractivity contribution >= 4 is 81.7 Å². The Morgan fingerprint density at radius 1 is 0.209 bits per heavy atom. The molecule has 0 radical (unpaired) electrons. The number of rotatable bonds is 7. The monoisotopic (exact) mass is 849 g/mol. The molecule has 13 aromatic carbocycles. The Labute approximate surface area is 390 Å². The highest BCUT2D eigenvalue weighted by Crippen LogP contribution is 2.48. The van der Waals surface area contributed by atoms with Gasteiger partial charge in [0.05, 0.1) is 5.69 Å². The standard InChI is InChI=1S/C66H43N/c1-3-18-46(19-4-1)65-61-29-14-13-27-58(61)60-39-35-50(43-63(60)66(65)47-20-5-2-6-21-47)56-25-15-16-30-64(56)67(52-38-40-55-49(41-52)32-31-44-17-7-9-23-53(44)55)51-36-33-45(34-37-51)62-42-48-22-8-10-24-54(48)57-26-11-12-28-59(57)62/h1-43H. The molecule has 0 spiro atoms. The minimum atomic E-state index is 1.09. The molecule has 0 aliphatic carbocycles. The first-order chi connectivity index (χ1) is 33.2. The fourth-order valence-electron chi connectivity index (χ4n) is 10.7. The summed E-state index contributed by atoms with van der Waals surface area (Å²) in [6, 6.07) is 96.0. The van der Waals surface area contributed by atoms with Crippen molar-refractivity contribution in [3.63, 3.8) is 0 Å². The first kappa shape index (κ1) is 38.7. The molecule has 0 aliphatic heterocycles. The van der Waals surface area contributed by atoms with E-state index in [1.807, 2.05) is 0 Å². The summed E-state index contributed by atoms with van der Waals surface area (Å²) in [7, 11) is 0. The number of hydrogen-bond acceptors (Lipinski definition) is 1. The molecule has 1 nitrogen and oxygen atoms in total. The minimum Gasteiger partial charge on any atom is -0.310 e. The zero-order chi connectivity index (χ0) is 44.3. The van der Waals surface area contributed by atoms with Crippen LogP contribution in [0.2, 0.25) is 0 Å². The summed E-state index contributed by atoms with van der Waals surface area (Å²) in [4.78, 5) is 2.45. The number of fused-ring (bicyclic) bond motifs is 9. The first-order valence-corrected chi connectivity index (χ1v) is 23.2. The lowest BCUT2D eigenvalue weighted by molar-refractivity contribution is 1.29. The summed E-state index contributed by atoms with van der Waals surface area (Å²) in [5.74, 6) is 0. The fraction of sp³-hybridized carbons (Fsp3) is 0. The molecule has 0 N–H and O–H groups in total. The Balaban J connectivity index is 1.03. The maximum Gasteiger partial charge on any atom is 0.0540 e. The van der Waals surface area contributed by atoms with E-state index in [0.29, 0.717) is 0 Å². The van der Waals surface area contributed by atoms with Gasteiger partial charge in [0, 0.05) is 16.9 Å². The quantitative estimate of drug-likeness (QED) is 0.144. The third kappa shape index (κ3) is 6.55. The average Bonchev–Trinajstić information content (AvgIpc) is 3.41. The smallest absolute Gasteiger partial charge is 0.0540 e. The summed E-state index contributed by atoms with van der Waals surface area (Å²) < 4.78 is 0.